The van der Waals surface area contributed by atoms with E-state index in [-0.39, 0.29) is 17.6 Å². The van der Waals surface area contributed by atoms with Gasteiger partial charge in [0, 0.05) is 30.8 Å². The van der Waals surface area contributed by atoms with Crippen LogP contribution in [0.25, 0.3) is 0 Å². The number of aliphatic hydroxyl groups is 1. The molecule has 5 nitrogen and oxygen atoms in total. The summed E-state index contributed by atoms with van der Waals surface area (Å²) in [7, 11) is 0. The zero-order chi connectivity index (χ0) is 19.5. The molecule has 0 saturated carbocycles. The topological polar surface area (TPSA) is 62.1 Å². The maximum atomic E-state index is 13.3. The van der Waals surface area contributed by atoms with E-state index < -0.39 is 12.2 Å². The third-order valence-corrected chi connectivity index (χ3v) is 6.38. The fraction of sp³-hybridized carbons (Fsp3) is 0.429. The van der Waals surface area contributed by atoms with Gasteiger partial charge in [0.25, 0.3) is 5.91 Å². The second-order valence-corrected chi connectivity index (χ2v) is 8.36. The first-order valence-electron chi connectivity index (χ1n) is 9.56. The SMILES string of the molecule is O=C([C@H]1CC(Cc2cccc(F)c2)=NO1)N1CCC([C@H](O)c2cccs2)CC1. The number of rotatable bonds is 5. The molecule has 4 rings (SSSR count). The van der Waals surface area contributed by atoms with Crippen LogP contribution in [0.4, 0.5) is 4.39 Å². The van der Waals surface area contributed by atoms with Crippen LogP contribution >= 0.6 is 11.3 Å². The minimum atomic E-state index is -0.595. The Morgan fingerprint density at radius 3 is 2.86 bits per heavy atom. The van der Waals surface area contributed by atoms with Crippen LogP contribution in [-0.4, -0.2) is 40.8 Å². The molecule has 1 amide bonds. The smallest absolute Gasteiger partial charge is 0.266 e. The Morgan fingerprint density at radius 1 is 1.32 bits per heavy atom. The average Bonchev–Trinajstić information content (AvgIpc) is 3.39. The van der Waals surface area contributed by atoms with E-state index >= 15 is 0 Å². The normalized spacial score (nSPS) is 21.3. The Hall–Kier alpha value is -2.25. The number of aliphatic hydroxyl groups excluding tert-OH is 1. The monoisotopic (exact) mass is 402 g/mol. The molecule has 1 fully saturated rings. The number of carbonyl (C=O) groups excluding carboxylic acids is 1. The summed E-state index contributed by atoms with van der Waals surface area (Å²) in [5, 5.41) is 16.5. The molecule has 0 bridgehead atoms. The molecular weight excluding hydrogens is 379 g/mol. The number of piperidine rings is 1. The number of hydrogen-bond donors (Lipinski definition) is 1. The van der Waals surface area contributed by atoms with Crippen molar-refractivity contribution in [1.29, 1.82) is 0 Å². The Kier molecular flexibility index (Phi) is 5.73. The lowest BCUT2D eigenvalue weighted by molar-refractivity contribution is -0.144. The van der Waals surface area contributed by atoms with Crippen molar-refractivity contribution in [3.63, 3.8) is 0 Å². The summed E-state index contributed by atoms with van der Waals surface area (Å²) in [5.41, 5.74) is 1.57. The minimum absolute atomic E-state index is 0.0537. The van der Waals surface area contributed by atoms with E-state index in [0.29, 0.717) is 25.9 Å². The lowest BCUT2D eigenvalue weighted by atomic mass is 9.90. The molecule has 0 aliphatic carbocycles. The summed E-state index contributed by atoms with van der Waals surface area (Å²) < 4.78 is 13.3. The van der Waals surface area contributed by atoms with Gasteiger partial charge in [-0.25, -0.2) is 4.39 Å². The van der Waals surface area contributed by atoms with Crippen molar-refractivity contribution in [3.8, 4) is 0 Å². The molecule has 1 aromatic heterocycles. The molecule has 2 aromatic rings. The van der Waals surface area contributed by atoms with Gasteiger partial charge in [-0.3, -0.25) is 4.79 Å². The Balaban J connectivity index is 1.27. The highest BCUT2D eigenvalue weighted by Crippen LogP contribution is 2.33. The van der Waals surface area contributed by atoms with Crippen LogP contribution in [0.1, 0.15) is 35.8 Å². The number of hydrogen-bond acceptors (Lipinski definition) is 5. The highest BCUT2D eigenvalue weighted by atomic mass is 32.1. The van der Waals surface area contributed by atoms with Crippen LogP contribution in [0.5, 0.6) is 0 Å². The summed E-state index contributed by atoms with van der Waals surface area (Å²) in [5.74, 6) is -0.161. The molecule has 1 N–H and O–H groups in total. The molecule has 1 saturated heterocycles. The van der Waals surface area contributed by atoms with E-state index in [2.05, 4.69) is 5.16 Å². The number of amides is 1. The van der Waals surface area contributed by atoms with E-state index in [4.69, 9.17) is 4.84 Å². The third kappa shape index (κ3) is 4.25. The van der Waals surface area contributed by atoms with E-state index in [1.54, 1.807) is 17.4 Å². The number of thiophene rings is 1. The van der Waals surface area contributed by atoms with Crippen molar-refractivity contribution < 1.29 is 19.1 Å². The second kappa shape index (κ2) is 8.41. The quantitative estimate of drug-likeness (QED) is 0.832. The van der Waals surface area contributed by atoms with Gasteiger partial charge < -0.3 is 14.8 Å². The number of likely N-dealkylation sites (tertiary alicyclic amines) is 1. The van der Waals surface area contributed by atoms with Crippen molar-refractivity contribution in [3.05, 3.63) is 58.0 Å². The van der Waals surface area contributed by atoms with Gasteiger partial charge in [0.15, 0.2) is 0 Å². The Labute approximate surface area is 167 Å². The number of oxime groups is 1. The standard InChI is InChI=1S/C21H23FN2O3S/c22-16-4-1-3-14(11-16)12-17-13-18(27-23-17)21(26)24-8-6-15(7-9-24)20(25)19-5-2-10-28-19/h1-5,10-11,15,18,20,25H,6-9,12-13H2/t18-,20+/m1/s1. The van der Waals surface area contributed by atoms with Gasteiger partial charge in [-0.15, -0.1) is 11.3 Å². The van der Waals surface area contributed by atoms with Crippen molar-refractivity contribution in [2.24, 2.45) is 11.1 Å². The first kappa shape index (κ1) is 19.1. The van der Waals surface area contributed by atoms with E-state index in [0.717, 1.165) is 29.0 Å². The Morgan fingerprint density at radius 2 is 2.14 bits per heavy atom. The first-order valence-corrected chi connectivity index (χ1v) is 10.4. The molecule has 2 aliphatic rings. The molecule has 7 heteroatoms. The lowest BCUT2D eigenvalue weighted by Crippen LogP contribution is -2.44. The Bertz CT molecular complexity index is 847. The van der Waals surface area contributed by atoms with Gasteiger partial charge >= 0.3 is 0 Å². The van der Waals surface area contributed by atoms with Crippen LogP contribution < -0.4 is 0 Å². The van der Waals surface area contributed by atoms with Gasteiger partial charge in [0.2, 0.25) is 6.10 Å². The second-order valence-electron chi connectivity index (χ2n) is 7.39. The van der Waals surface area contributed by atoms with Gasteiger partial charge in [-0.05, 0) is 47.9 Å². The zero-order valence-electron chi connectivity index (χ0n) is 15.5. The molecule has 28 heavy (non-hydrogen) atoms. The summed E-state index contributed by atoms with van der Waals surface area (Å²) in [6.45, 7) is 1.23. The van der Waals surface area contributed by atoms with Crippen LogP contribution in [-0.2, 0) is 16.1 Å². The lowest BCUT2D eigenvalue weighted by Gasteiger charge is -2.34. The largest absolute Gasteiger partial charge is 0.387 e. The summed E-state index contributed by atoms with van der Waals surface area (Å²) in [6.07, 6.45) is 1.41. The highest BCUT2D eigenvalue weighted by Gasteiger charge is 2.35. The highest BCUT2D eigenvalue weighted by molar-refractivity contribution is 7.10. The van der Waals surface area contributed by atoms with Crippen LogP contribution in [0.2, 0.25) is 0 Å². The third-order valence-electron chi connectivity index (χ3n) is 5.44. The van der Waals surface area contributed by atoms with Crippen molar-refractivity contribution >= 4 is 23.0 Å². The van der Waals surface area contributed by atoms with E-state index in [9.17, 15) is 14.3 Å². The van der Waals surface area contributed by atoms with E-state index in [1.807, 2.05) is 28.5 Å². The van der Waals surface area contributed by atoms with Crippen LogP contribution in [0, 0.1) is 11.7 Å². The van der Waals surface area contributed by atoms with E-state index in [1.165, 1.54) is 12.1 Å². The van der Waals surface area contributed by atoms with Crippen molar-refractivity contribution in [1.82, 2.24) is 4.90 Å². The summed E-state index contributed by atoms with van der Waals surface area (Å²) in [6, 6.07) is 10.3. The zero-order valence-corrected chi connectivity index (χ0v) is 16.3. The molecule has 0 radical (unpaired) electrons. The molecule has 3 heterocycles. The van der Waals surface area contributed by atoms with Crippen molar-refractivity contribution in [2.45, 2.75) is 37.9 Å². The molecular formula is C21H23FN2O3S. The molecule has 0 spiro atoms. The van der Waals surface area contributed by atoms with Gasteiger partial charge in [0.1, 0.15) is 5.82 Å². The minimum Gasteiger partial charge on any atom is -0.387 e. The predicted molar refractivity (Wildman–Crippen MR) is 106 cm³/mol. The molecule has 0 unspecified atom stereocenters. The fourth-order valence-corrected chi connectivity index (χ4v) is 4.68. The molecule has 1 aromatic carbocycles. The predicted octanol–water partition coefficient (Wildman–Crippen LogP) is 3.55. The van der Waals surface area contributed by atoms with Gasteiger partial charge in [-0.2, -0.15) is 0 Å². The molecule has 148 valence electrons. The van der Waals surface area contributed by atoms with Gasteiger partial charge in [0.05, 0.1) is 11.8 Å². The number of nitrogens with zero attached hydrogens (tertiary/aromatic N) is 2. The number of carbonyl (C=O) groups is 1. The van der Waals surface area contributed by atoms with Crippen molar-refractivity contribution in [2.75, 3.05) is 13.1 Å². The van der Waals surface area contributed by atoms with Crippen LogP contribution in [0.15, 0.2) is 46.9 Å². The molecule has 2 aliphatic heterocycles. The number of benzene rings is 1. The number of halogens is 1. The first-order chi connectivity index (χ1) is 13.6. The van der Waals surface area contributed by atoms with Gasteiger partial charge in [-0.1, -0.05) is 23.4 Å². The summed E-state index contributed by atoms with van der Waals surface area (Å²) >= 11 is 1.56. The molecule has 2 atom stereocenters. The maximum Gasteiger partial charge on any atom is 0.266 e. The average molecular weight is 402 g/mol. The summed E-state index contributed by atoms with van der Waals surface area (Å²) in [4.78, 5) is 20.9. The van der Waals surface area contributed by atoms with Crippen LogP contribution in [0.3, 0.4) is 0 Å². The fourth-order valence-electron chi connectivity index (χ4n) is 3.88. The maximum absolute atomic E-state index is 13.3.